The van der Waals surface area contributed by atoms with Crippen LogP contribution in [0.3, 0.4) is 0 Å². The van der Waals surface area contributed by atoms with Crippen molar-refractivity contribution in [3.8, 4) is 0 Å². The minimum Gasteiger partial charge on any atom is -0.337 e. The highest BCUT2D eigenvalue weighted by Gasteiger charge is 2.09. The van der Waals surface area contributed by atoms with E-state index in [4.69, 9.17) is 23.8 Å². The highest BCUT2D eigenvalue weighted by atomic mass is 35.5. The molecule has 0 aliphatic carbocycles. The van der Waals surface area contributed by atoms with Gasteiger partial charge in [-0.15, -0.1) is 22.7 Å². The van der Waals surface area contributed by atoms with E-state index in [9.17, 15) is 0 Å². The van der Waals surface area contributed by atoms with Gasteiger partial charge in [0, 0.05) is 15.5 Å². The van der Waals surface area contributed by atoms with E-state index < -0.39 is 0 Å². The maximum absolute atomic E-state index is 6.25. The van der Waals surface area contributed by atoms with E-state index in [1.165, 1.54) is 20.2 Å². The summed E-state index contributed by atoms with van der Waals surface area (Å²) in [5.41, 5.74) is 1.11. The Morgan fingerprint density at radius 2 is 1.94 bits per heavy atom. The van der Waals surface area contributed by atoms with E-state index >= 15 is 0 Å². The molecule has 0 fully saturated rings. The largest absolute Gasteiger partial charge is 0.337 e. The summed E-state index contributed by atoms with van der Waals surface area (Å²) < 4.78 is 4.43. The van der Waals surface area contributed by atoms with Crippen LogP contribution in [-0.4, -0.2) is 4.98 Å². The van der Waals surface area contributed by atoms with Crippen LogP contribution >= 0.6 is 46.5 Å². The summed E-state index contributed by atoms with van der Waals surface area (Å²) in [7, 11) is 0. The van der Waals surface area contributed by atoms with Crippen molar-refractivity contribution in [3.05, 3.63) is 39.3 Å². The number of hydrogen-bond acceptors (Lipinski definition) is 3. The molecule has 0 saturated heterocycles. The average molecular weight is 308 g/mol. The molecule has 0 spiro atoms. The molecule has 5 heteroatoms. The molecule has 0 saturated carbocycles. The van der Waals surface area contributed by atoms with Crippen LogP contribution in [0.1, 0.15) is 0 Å². The van der Waals surface area contributed by atoms with E-state index in [0.717, 1.165) is 19.2 Å². The lowest BCUT2D eigenvalue weighted by molar-refractivity contribution is 1.48. The molecule has 0 amide bonds. The van der Waals surface area contributed by atoms with Crippen molar-refractivity contribution in [2.24, 2.45) is 0 Å². The Morgan fingerprint density at radius 1 is 1.06 bits per heavy atom. The molecule has 2 heterocycles. The number of fused-ring (bicyclic) bond motifs is 4. The summed E-state index contributed by atoms with van der Waals surface area (Å²) in [5.74, 6) is 0. The number of halogens is 1. The van der Waals surface area contributed by atoms with E-state index in [1.54, 1.807) is 22.7 Å². The summed E-state index contributed by atoms with van der Waals surface area (Å²) in [4.78, 5) is 3.22. The first kappa shape index (κ1) is 10.9. The minimum atomic E-state index is 0.824. The van der Waals surface area contributed by atoms with Gasteiger partial charge in [-0.25, -0.2) is 0 Å². The Hall–Kier alpha value is -0.940. The first-order chi connectivity index (χ1) is 8.72. The standard InChI is InChI=1S/C13H6ClNS3/c14-8-3-1-2-6-7-4-11-9(15-13(16)18-11)5-10(7)17-12(6)8/h1-5H,(H,15,16). The zero-order valence-corrected chi connectivity index (χ0v) is 12.2. The molecule has 2 aromatic carbocycles. The van der Waals surface area contributed by atoms with Crippen LogP contribution in [0.15, 0.2) is 30.3 Å². The molecule has 0 radical (unpaired) electrons. The molecule has 0 unspecified atom stereocenters. The van der Waals surface area contributed by atoms with Gasteiger partial charge in [0.15, 0.2) is 3.95 Å². The number of rotatable bonds is 0. The quantitative estimate of drug-likeness (QED) is 0.395. The fraction of sp³-hybridized carbons (Fsp3) is 0. The van der Waals surface area contributed by atoms with Gasteiger partial charge >= 0.3 is 0 Å². The van der Waals surface area contributed by atoms with Crippen LogP contribution in [0.25, 0.3) is 30.4 Å². The molecule has 4 aromatic rings. The normalized spacial score (nSPS) is 11.8. The molecule has 0 aliphatic heterocycles. The minimum absolute atomic E-state index is 0.824. The molecule has 0 bridgehead atoms. The predicted octanol–water partition coefficient (Wildman–Crippen LogP) is 5.98. The molecule has 2 aromatic heterocycles. The van der Waals surface area contributed by atoms with Gasteiger partial charge in [-0.3, -0.25) is 0 Å². The van der Waals surface area contributed by atoms with Crippen LogP contribution < -0.4 is 0 Å². The summed E-state index contributed by atoms with van der Waals surface area (Å²) >= 11 is 14.8. The van der Waals surface area contributed by atoms with E-state index in [0.29, 0.717) is 0 Å². The number of nitrogens with one attached hydrogen (secondary N) is 1. The third-order valence-electron chi connectivity index (χ3n) is 2.99. The first-order valence-electron chi connectivity index (χ1n) is 5.36. The van der Waals surface area contributed by atoms with Gasteiger partial charge in [-0.05, 0) is 30.4 Å². The van der Waals surface area contributed by atoms with Gasteiger partial charge in [0.2, 0.25) is 0 Å². The zero-order chi connectivity index (χ0) is 12.3. The maximum Gasteiger partial charge on any atom is 0.159 e. The molecule has 1 N–H and O–H groups in total. The number of thiophene rings is 1. The number of benzene rings is 2. The number of aromatic amines is 1. The molecule has 18 heavy (non-hydrogen) atoms. The van der Waals surface area contributed by atoms with Crippen molar-refractivity contribution in [1.82, 2.24) is 4.98 Å². The molecule has 1 nitrogen and oxygen atoms in total. The van der Waals surface area contributed by atoms with Crippen LogP contribution in [0.5, 0.6) is 0 Å². The highest BCUT2D eigenvalue weighted by Crippen LogP contribution is 2.40. The van der Waals surface area contributed by atoms with Gasteiger partial charge in [-0.2, -0.15) is 0 Å². The zero-order valence-electron chi connectivity index (χ0n) is 8.99. The Balaban J connectivity index is 2.29. The lowest BCUT2D eigenvalue weighted by Crippen LogP contribution is -1.68. The van der Waals surface area contributed by atoms with Crippen molar-refractivity contribution in [2.75, 3.05) is 0 Å². The fourth-order valence-corrected chi connectivity index (χ4v) is 4.76. The monoisotopic (exact) mass is 307 g/mol. The van der Waals surface area contributed by atoms with Crippen LogP contribution in [0, 0.1) is 3.95 Å². The number of aromatic nitrogens is 1. The van der Waals surface area contributed by atoms with Crippen molar-refractivity contribution in [2.45, 2.75) is 0 Å². The van der Waals surface area contributed by atoms with Crippen LogP contribution in [0.4, 0.5) is 0 Å². The van der Waals surface area contributed by atoms with Crippen LogP contribution in [0.2, 0.25) is 5.02 Å². The number of hydrogen-bond donors (Lipinski definition) is 1. The Morgan fingerprint density at radius 3 is 2.83 bits per heavy atom. The highest BCUT2D eigenvalue weighted by molar-refractivity contribution is 7.73. The number of thiazole rings is 1. The third kappa shape index (κ3) is 1.47. The number of H-pyrrole nitrogens is 1. The average Bonchev–Trinajstić information content (AvgIpc) is 2.86. The van der Waals surface area contributed by atoms with Crippen molar-refractivity contribution < 1.29 is 0 Å². The van der Waals surface area contributed by atoms with Crippen molar-refractivity contribution >= 4 is 76.9 Å². The van der Waals surface area contributed by atoms with E-state index in [2.05, 4.69) is 23.2 Å². The maximum atomic E-state index is 6.25. The molecular weight excluding hydrogens is 302 g/mol. The van der Waals surface area contributed by atoms with Gasteiger partial charge in [0.1, 0.15) is 0 Å². The predicted molar refractivity (Wildman–Crippen MR) is 84.9 cm³/mol. The lowest BCUT2D eigenvalue weighted by Gasteiger charge is -1.93. The first-order valence-corrected chi connectivity index (χ1v) is 7.78. The van der Waals surface area contributed by atoms with E-state index in [-0.39, 0.29) is 0 Å². The Labute approximate surface area is 121 Å². The SMILES string of the molecule is S=c1[nH]c2cc3sc4c(Cl)cccc4c3cc2s1. The third-order valence-corrected chi connectivity index (χ3v) is 5.82. The fourth-order valence-electron chi connectivity index (χ4n) is 2.21. The summed E-state index contributed by atoms with van der Waals surface area (Å²) in [6.07, 6.45) is 0. The van der Waals surface area contributed by atoms with E-state index in [1.807, 2.05) is 12.1 Å². The summed E-state index contributed by atoms with van der Waals surface area (Å²) in [5, 5.41) is 3.31. The second-order valence-corrected chi connectivity index (χ2v) is 7.26. The summed E-state index contributed by atoms with van der Waals surface area (Å²) in [6, 6.07) is 10.4. The molecule has 0 aliphatic rings. The topological polar surface area (TPSA) is 15.8 Å². The Bertz CT molecular complexity index is 961. The molecular formula is C13H6ClNS3. The van der Waals surface area contributed by atoms with Gasteiger partial charge in [-0.1, -0.05) is 23.7 Å². The van der Waals surface area contributed by atoms with Gasteiger partial charge < -0.3 is 4.98 Å². The molecule has 88 valence electrons. The van der Waals surface area contributed by atoms with Crippen molar-refractivity contribution in [1.29, 1.82) is 0 Å². The lowest BCUT2D eigenvalue weighted by atomic mass is 10.1. The summed E-state index contributed by atoms with van der Waals surface area (Å²) in [6.45, 7) is 0. The Kier molecular flexibility index (Phi) is 2.29. The van der Waals surface area contributed by atoms with Crippen molar-refractivity contribution in [3.63, 3.8) is 0 Å². The van der Waals surface area contributed by atoms with Gasteiger partial charge in [0.05, 0.1) is 19.9 Å². The second-order valence-electron chi connectivity index (χ2n) is 4.08. The van der Waals surface area contributed by atoms with Crippen LogP contribution in [-0.2, 0) is 0 Å². The molecule has 0 atom stereocenters. The van der Waals surface area contributed by atoms with Gasteiger partial charge in [0.25, 0.3) is 0 Å². The smallest absolute Gasteiger partial charge is 0.159 e. The molecule has 4 rings (SSSR count). The second kappa shape index (κ2) is 3.78.